The number of hydrogen-bond donors (Lipinski definition) is 1. The number of carbonyl (C=O) groups is 1. The Balaban J connectivity index is 2.59. The molecular formula is C10H9BrN2O2. The summed E-state index contributed by atoms with van der Waals surface area (Å²) < 4.78 is 6.23. The van der Waals surface area contributed by atoms with E-state index >= 15 is 0 Å². The molecule has 78 valence electrons. The average Bonchev–Trinajstić information content (AvgIpc) is 2.22. The van der Waals surface area contributed by atoms with Gasteiger partial charge in [0.1, 0.15) is 5.75 Å². The van der Waals surface area contributed by atoms with Crippen molar-refractivity contribution in [3.63, 3.8) is 0 Å². The minimum absolute atomic E-state index is 0.458. The van der Waals surface area contributed by atoms with E-state index in [9.17, 15) is 4.79 Å². The molecule has 1 amide bonds. The maximum atomic E-state index is 11.1. The largest absolute Gasteiger partial charge is 0.481 e. The number of hydrogen-bond acceptors (Lipinski definition) is 3. The lowest BCUT2D eigenvalue weighted by molar-refractivity contribution is -0.126. The zero-order valence-corrected chi connectivity index (χ0v) is 9.61. The summed E-state index contributed by atoms with van der Waals surface area (Å²) in [6.45, 7) is 1.58. The summed E-state index contributed by atoms with van der Waals surface area (Å²) >= 11 is 3.29. The molecule has 0 unspecified atom stereocenters. The van der Waals surface area contributed by atoms with E-state index in [4.69, 9.17) is 10.00 Å². The fourth-order valence-corrected chi connectivity index (χ4v) is 1.19. The number of halogens is 1. The van der Waals surface area contributed by atoms with Crippen LogP contribution < -0.4 is 10.1 Å². The Morgan fingerprint density at radius 1 is 1.53 bits per heavy atom. The normalized spacial score (nSPS) is 11.3. The first-order valence-corrected chi connectivity index (χ1v) is 5.04. The lowest BCUT2D eigenvalue weighted by atomic mass is 10.3. The van der Waals surface area contributed by atoms with E-state index in [2.05, 4.69) is 15.9 Å². The van der Waals surface area contributed by atoms with Gasteiger partial charge in [-0.1, -0.05) is 15.9 Å². The predicted molar refractivity (Wildman–Crippen MR) is 58.0 cm³/mol. The molecule has 1 aromatic rings. The Kier molecular flexibility index (Phi) is 4.13. The van der Waals surface area contributed by atoms with Gasteiger partial charge in [-0.25, -0.2) is 0 Å². The van der Waals surface area contributed by atoms with Crippen LogP contribution in [0.1, 0.15) is 6.92 Å². The molecule has 0 heterocycles. The summed E-state index contributed by atoms with van der Waals surface area (Å²) in [6.07, 6.45) is 0.867. The molecule has 1 aromatic carbocycles. The van der Waals surface area contributed by atoms with E-state index < -0.39 is 12.0 Å². The quantitative estimate of drug-likeness (QED) is 0.672. The monoisotopic (exact) mass is 268 g/mol. The van der Waals surface area contributed by atoms with Gasteiger partial charge in [-0.3, -0.25) is 10.1 Å². The summed E-state index contributed by atoms with van der Waals surface area (Å²) in [4.78, 5) is 11.1. The molecule has 0 aliphatic carbocycles. The summed E-state index contributed by atoms with van der Waals surface area (Å²) in [5.41, 5.74) is 0. The van der Waals surface area contributed by atoms with Gasteiger partial charge < -0.3 is 4.74 Å². The number of ether oxygens (including phenoxy) is 1. The zero-order valence-electron chi connectivity index (χ0n) is 8.03. The van der Waals surface area contributed by atoms with Gasteiger partial charge in [0.05, 0.1) is 0 Å². The smallest absolute Gasteiger partial charge is 0.273 e. The minimum atomic E-state index is -0.689. The van der Waals surface area contributed by atoms with E-state index in [-0.39, 0.29) is 0 Å². The van der Waals surface area contributed by atoms with Crippen LogP contribution in [0.25, 0.3) is 0 Å². The standard InChI is InChI=1S/C10H9BrN2O2/c1-7(10(14)13-6-12)15-9-4-2-8(11)3-5-9/h2-5,7H,1H3,(H,13,14)/t7-/m0/s1. The van der Waals surface area contributed by atoms with E-state index in [1.807, 2.05) is 17.4 Å². The molecule has 15 heavy (non-hydrogen) atoms. The Hall–Kier alpha value is -1.54. The van der Waals surface area contributed by atoms with Crippen molar-refractivity contribution in [2.45, 2.75) is 13.0 Å². The summed E-state index contributed by atoms with van der Waals surface area (Å²) in [6, 6.07) is 7.09. The van der Waals surface area contributed by atoms with Crippen LogP contribution in [0.3, 0.4) is 0 Å². The molecular weight excluding hydrogens is 260 g/mol. The lowest BCUT2D eigenvalue weighted by Gasteiger charge is -2.11. The van der Waals surface area contributed by atoms with Crippen LogP contribution in [0.15, 0.2) is 28.7 Å². The Morgan fingerprint density at radius 3 is 2.67 bits per heavy atom. The SMILES string of the molecule is C[C@H](Oc1ccc(Br)cc1)C(=O)NC#N. The molecule has 0 aliphatic heterocycles. The van der Waals surface area contributed by atoms with Crippen molar-refractivity contribution < 1.29 is 9.53 Å². The summed E-state index contributed by atoms with van der Waals surface area (Å²) in [5, 5.41) is 10.3. The van der Waals surface area contributed by atoms with Crippen molar-refractivity contribution in [1.29, 1.82) is 5.26 Å². The highest BCUT2D eigenvalue weighted by atomic mass is 79.9. The number of nitriles is 1. The molecule has 5 heteroatoms. The highest BCUT2D eigenvalue weighted by Gasteiger charge is 2.13. The fraction of sp³-hybridized carbons (Fsp3) is 0.200. The third-order valence-corrected chi connectivity index (χ3v) is 2.20. The van der Waals surface area contributed by atoms with E-state index in [1.165, 1.54) is 0 Å². The summed E-state index contributed by atoms with van der Waals surface area (Å²) in [5.74, 6) is 0.124. The molecule has 0 aliphatic rings. The Bertz CT molecular complexity index is 383. The van der Waals surface area contributed by atoms with Gasteiger partial charge in [-0.2, -0.15) is 5.26 Å². The van der Waals surface area contributed by atoms with Crippen LogP contribution in [0.2, 0.25) is 0 Å². The topological polar surface area (TPSA) is 62.1 Å². The molecule has 1 N–H and O–H groups in total. The maximum absolute atomic E-state index is 11.1. The molecule has 0 saturated heterocycles. The van der Waals surface area contributed by atoms with Gasteiger partial charge in [-0.15, -0.1) is 0 Å². The van der Waals surface area contributed by atoms with Crippen LogP contribution in [0.5, 0.6) is 5.75 Å². The Morgan fingerprint density at radius 2 is 2.13 bits per heavy atom. The average molecular weight is 269 g/mol. The number of carbonyl (C=O) groups excluding carboxylic acids is 1. The van der Waals surface area contributed by atoms with Crippen molar-refractivity contribution in [2.75, 3.05) is 0 Å². The van der Waals surface area contributed by atoms with Crippen molar-refractivity contribution in [2.24, 2.45) is 0 Å². The number of nitrogens with one attached hydrogen (secondary N) is 1. The highest BCUT2D eigenvalue weighted by Crippen LogP contribution is 2.17. The second-order valence-corrected chi connectivity index (χ2v) is 3.73. The van der Waals surface area contributed by atoms with Gasteiger partial charge in [0.15, 0.2) is 12.3 Å². The molecule has 0 fully saturated rings. The van der Waals surface area contributed by atoms with Gasteiger partial charge in [0, 0.05) is 4.47 Å². The molecule has 0 radical (unpaired) electrons. The maximum Gasteiger partial charge on any atom is 0.273 e. The molecule has 0 aromatic heterocycles. The predicted octanol–water partition coefficient (Wildman–Crippen LogP) is 1.81. The molecule has 4 nitrogen and oxygen atoms in total. The number of benzene rings is 1. The second kappa shape index (κ2) is 5.37. The molecule has 0 saturated carbocycles. The van der Waals surface area contributed by atoms with Crippen molar-refractivity contribution in [1.82, 2.24) is 5.32 Å². The van der Waals surface area contributed by atoms with Gasteiger partial charge in [0.2, 0.25) is 0 Å². The number of rotatable bonds is 3. The second-order valence-electron chi connectivity index (χ2n) is 2.82. The molecule has 1 atom stereocenters. The molecule has 1 rings (SSSR count). The van der Waals surface area contributed by atoms with E-state index in [0.717, 1.165) is 4.47 Å². The minimum Gasteiger partial charge on any atom is -0.481 e. The third kappa shape index (κ3) is 3.60. The fourth-order valence-electron chi connectivity index (χ4n) is 0.928. The Labute approximate surface area is 96.0 Å². The van der Waals surface area contributed by atoms with Crippen LogP contribution in [-0.2, 0) is 4.79 Å². The summed E-state index contributed by atoms with van der Waals surface area (Å²) in [7, 11) is 0. The number of nitrogens with zero attached hydrogens (tertiary/aromatic N) is 1. The molecule has 0 bridgehead atoms. The molecule has 0 spiro atoms. The first-order valence-electron chi connectivity index (χ1n) is 4.24. The third-order valence-electron chi connectivity index (χ3n) is 1.67. The van der Waals surface area contributed by atoms with Crippen LogP contribution in [0.4, 0.5) is 0 Å². The van der Waals surface area contributed by atoms with Gasteiger partial charge in [-0.05, 0) is 31.2 Å². The number of amides is 1. The van der Waals surface area contributed by atoms with Crippen molar-refractivity contribution >= 4 is 21.8 Å². The first kappa shape index (κ1) is 11.5. The zero-order chi connectivity index (χ0) is 11.3. The highest BCUT2D eigenvalue weighted by molar-refractivity contribution is 9.10. The van der Waals surface area contributed by atoms with Crippen LogP contribution >= 0.6 is 15.9 Å². The van der Waals surface area contributed by atoms with E-state index in [1.54, 1.807) is 25.2 Å². The van der Waals surface area contributed by atoms with Crippen LogP contribution in [-0.4, -0.2) is 12.0 Å². The van der Waals surface area contributed by atoms with E-state index in [0.29, 0.717) is 5.75 Å². The van der Waals surface area contributed by atoms with Crippen molar-refractivity contribution in [3.05, 3.63) is 28.7 Å². The van der Waals surface area contributed by atoms with Crippen molar-refractivity contribution in [3.8, 4) is 11.9 Å². The van der Waals surface area contributed by atoms with Gasteiger partial charge >= 0.3 is 0 Å². The van der Waals surface area contributed by atoms with Gasteiger partial charge in [0.25, 0.3) is 5.91 Å². The lowest BCUT2D eigenvalue weighted by Crippen LogP contribution is -2.33. The van der Waals surface area contributed by atoms with Crippen LogP contribution in [0, 0.1) is 11.5 Å². The first-order chi connectivity index (χ1) is 7.13.